The first-order chi connectivity index (χ1) is 20.5. The molecule has 1 aliphatic heterocycles. The molecular weight excluding hydrogens is 563 g/mol. The Bertz CT molecular complexity index is 1730. The summed E-state index contributed by atoms with van der Waals surface area (Å²) in [7, 11) is 0. The highest BCUT2D eigenvalue weighted by Gasteiger charge is 2.58. The lowest BCUT2D eigenvalue weighted by molar-refractivity contribution is -0.119. The van der Waals surface area contributed by atoms with Crippen molar-refractivity contribution < 1.29 is 27.5 Å². The fourth-order valence-corrected chi connectivity index (χ4v) is 5.95. The number of pyridine rings is 1. The lowest BCUT2D eigenvalue weighted by Gasteiger charge is -2.38. The number of aromatic amines is 1. The maximum atomic E-state index is 15.3. The summed E-state index contributed by atoms with van der Waals surface area (Å²) in [4.78, 5) is 31.9. The molecule has 0 radical (unpaired) electrons. The molecule has 1 fully saturated rings. The molecule has 3 aromatic heterocycles. The van der Waals surface area contributed by atoms with Gasteiger partial charge in [-0.3, -0.25) is 24.4 Å². The summed E-state index contributed by atoms with van der Waals surface area (Å²) < 4.78 is 51.5. The number of carbonyl (C=O) groups excluding carboxylic acids is 2. The molecular formula is C30H30F3N7O3. The number of fused-ring (bicyclic) bond motifs is 1. The Hall–Kier alpha value is -4.68. The molecule has 0 bridgehead atoms. The minimum absolute atomic E-state index is 0.0445. The zero-order valence-electron chi connectivity index (χ0n) is 24.0. The zero-order valence-corrected chi connectivity index (χ0v) is 24.0. The number of nitrogens with zero attached hydrogens (tertiary/aromatic N) is 4. The van der Waals surface area contributed by atoms with E-state index in [1.165, 1.54) is 29.2 Å². The number of ether oxygens (including phenoxy) is 1. The summed E-state index contributed by atoms with van der Waals surface area (Å²) in [6, 6.07) is 3.62. The average Bonchev–Trinajstić information content (AvgIpc) is 3.39. The highest BCUT2D eigenvalue weighted by Crippen LogP contribution is 2.61. The average molecular weight is 594 g/mol. The van der Waals surface area contributed by atoms with Gasteiger partial charge in [-0.05, 0) is 52.7 Å². The number of carbonyl (C=O) groups is 2. The first-order valence-electron chi connectivity index (χ1n) is 13.9. The molecule has 1 spiro atoms. The molecule has 1 aliphatic carbocycles. The Morgan fingerprint density at radius 2 is 1.91 bits per heavy atom. The van der Waals surface area contributed by atoms with E-state index in [1.807, 2.05) is 13.8 Å². The van der Waals surface area contributed by atoms with Crippen molar-refractivity contribution in [2.45, 2.75) is 58.5 Å². The van der Waals surface area contributed by atoms with Gasteiger partial charge in [-0.1, -0.05) is 6.07 Å². The Morgan fingerprint density at radius 1 is 1.14 bits per heavy atom. The molecule has 10 nitrogen and oxygen atoms in total. The summed E-state index contributed by atoms with van der Waals surface area (Å²) in [6.45, 7) is 7.23. The van der Waals surface area contributed by atoms with Crippen molar-refractivity contribution in [3.63, 3.8) is 0 Å². The van der Waals surface area contributed by atoms with Crippen LogP contribution >= 0.6 is 0 Å². The number of anilines is 1. The third-order valence-electron chi connectivity index (χ3n) is 8.24. The van der Waals surface area contributed by atoms with Crippen LogP contribution in [0.25, 0.3) is 11.3 Å². The van der Waals surface area contributed by atoms with Crippen molar-refractivity contribution in [2.24, 2.45) is 5.41 Å². The van der Waals surface area contributed by atoms with E-state index in [9.17, 15) is 18.4 Å². The monoisotopic (exact) mass is 593 g/mol. The van der Waals surface area contributed by atoms with Crippen LogP contribution in [0, 0.1) is 36.7 Å². The van der Waals surface area contributed by atoms with Crippen molar-refractivity contribution in [1.82, 2.24) is 30.3 Å². The van der Waals surface area contributed by atoms with Gasteiger partial charge in [0.25, 0.3) is 5.91 Å². The number of hydrogen-bond donors (Lipinski definition) is 3. The van der Waals surface area contributed by atoms with Gasteiger partial charge in [0.1, 0.15) is 17.4 Å². The largest absolute Gasteiger partial charge is 0.489 e. The van der Waals surface area contributed by atoms with Gasteiger partial charge in [-0.2, -0.15) is 14.6 Å². The number of halogens is 3. The van der Waals surface area contributed by atoms with E-state index in [2.05, 4.69) is 30.9 Å². The van der Waals surface area contributed by atoms with Gasteiger partial charge in [0.15, 0.2) is 17.4 Å². The van der Waals surface area contributed by atoms with Crippen LogP contribution in [0.2, 0.25) is 0 Å². The summed E-state index contributed by atoms with van der Waals surface area (Å²) in [5, 5.41) is 16.6. The van der Waals surface area contributed by atoms with Crippen molar-refractivity contribution in [3.05, 3.63) is 76.8 Å². The molecule has 4 heterocycles. The van der Waals surface area contributed by atoms with Crippen LogP contribution in [0.3, 0.4) is 0 Å². The number of benzene rings is 1. The van der Waals surface area contributed by atoms with Crippen LogP contribution in [0.15, 0.2) is 36.7 Å². The van der Waals surface area contributed by atoms with Crippen molar-refractivity contribution in [2.75, 3.05) is 11.9 Å². The number of H-pyrrole nitrogens is 1. The second kappa shape index (κ2) is 10.5. The predicted octanol–water partition coefficient (Wildman–Crippen LogP) is 4.98. The maximum Gasteiger partial charge on any atom is 0.270 e. The number of amides is 2. The van der Waals surface area contributed by atoms with Gasteiger partial charge in [-0.25, -0.2) is 8.78 Å². The maximum absolute atomic E-state index is 15.3. The second-order valence-corrected chi connectivity index (χ2v) is 11.5. The summed E-state index contributed by atoms with van der Waals surface area (Å²) in [5.74, 6) is -5.23. The number of aromatic nitrogens is 5. The smallest absolute Gasteiger partial charge is 0.270 e. The van der Waals surface area contributed by atoms with E-state index in [0.29, 0.717) is 29.8 Å². The highest BCUT2D eigenvalue weighted by atomic mass is 19.2. The van der Waals surface area contributed by atoms with Crippen molar-refractivity contribution >= 4 is 17.5 Å². The Balaban J connectivity index is 1.38. The van der Waals surface area contributed by atoms with E-state index in [-0.39, 0.29) is 41.0 Å². The highest BCUT2D eigenvalue weighted by molar-refractivity contribution is 6.01. The standard InChI is InChI=1S/C30H30F3N7O3/c1-14(2)40-21(7-10-35-40)28(41)37-26(23-18-5-6-19(31)24(33)27(18)43-13-30(23)8-9-30)29(42)36-17-11-20(32)25(34-12-17)22-15(3)38-39-16(22)4/h5-7,10-12,14,23,26H,8-9,13H2,1-4H3,(H,36,42)(H,37,41)(H,38,39)/t23?,26-/m0/s1. The first kappa shape index (κ1) is 28.4. The third kappa shape index (κ3) is 4.92. The van der Waals surface area contributed by atoms with E-state index in [0.717, 1.165) is 12.1 Å². The summed E-state index contributed by atoms with van der Waals surface area (Å²) in [5.41, 5.74) is 1.76. The molecule has 224 valence electrons. The molecule has 3 N–H and O–H groups in total. The Morgan fingerprint density at radius 3 is 2.56 bits per heavy atom. The lowest BCUT2D eigenvalue weighted by atomic mass is 9.75. The fraction of sp³-hybridized carbons (Fsp3) is 0.367. The predicted molar refractivity (Wildman–Crippen MR) is 150 cm³/mol. The minimum Gasteiger partial charge on any atom is -0.489 e. The van der Waals surface area contributed by atoms with Gasteiger partial charge in [0.2, 0.25) is 11.7 Å². The van der Waals surface area contributed by atoms with Gasteiger partial charge < -0.3 is 15.4 Å². The Labute approximate surface area is 245 Å². The van der Waals surface area contributed by atoms with Gasteiger partial charge in [0.05, 0.1) is 24.2 Å². The molecule has 2 aliphatic rings. The molecule has 0 saturated heterocycles. The van der Waals surface area contributed by atoms with Crippen LogP contribution in [0.1, 0.15) is 66.1 Å². The van der Waals surface area contributed by atoms with E-state index in [1.54, 1.807) is 13.8 Å². The number of rotatable bonds is 7. The van der Waals surface area contributed by atoms with Crippen LogP contribution in [0.5, 0.6) is 5.75 Å². The molecule has 4 aromatic rings. The molecule has 6 rings (SSSR count). The lowest BCUT2D eigenvalue weighted by Crippen LogP contribution is -2.52. The second-order valence-electron chi connectivity index (χ2n) is 11.5. The van der Waals surface area contributed by atoms with Crippen LogP contribution in [-0.4, -0.2) is 49.4 Å². The molecule has 1 aromatic carbocycles. The summed E-state index contributed by atoms with van der Waals surface area (Å²) in [6.07, 6.45) is 4.09. The molecule has 1 unspecified atom stereocenters. The van der Waals surface area contributed by atoms with Crippen molar-refractivity contribution in [3.8, 4) is 17.0 Å². The fourth-order valence-electron chi connectivity index (χ4n) is 5.95. The van der Waals surface area contributed by atoms with Crippen molar-refractivity contribution in [1.29, 1.82) is 0 Å². The Kier molecular flexibility index (Phi) is 6.98. The van der Waals surface area contributed by atoms with Gasteiger partial charge in [0, 0.05) is 46.5 Å². The van der Waals surface area contributed by atoms with Crippen LogP contribution < -0.4 is 15.4 Å². The molecule has 2 amide bonds. The summed E-state index contributed by atoms with van der Waals surface area (Å²) >= 11 is 0. The van der Waals surface area contributed by atoms with E-state index >= 15 is 4.39 Å². The molecule has 43 heavy (non-hydrogen) atoms. The quantitative estimate of drug-likeness (QED) is 0.278. The van der Waals surface area contributed by atoms with Crippen LogP contribution in [-0.2, 0) is 4.79 Å². The normalized spacial score (nSPS) is 17.3. The van der Waals surface area contributed by atoms with Gasteiger partial charge in [-0.15, -0.1) is 0 Å². The number of aryl methyl sites for hydroxylation is 2. The molecule has 1 saturated carbocycles. The van der Waals surface area contributed by atoms with Gasteiger partial charge >= 0.3 is 0 Å². The third-order valence-corrected chi connectivity index (χ3v) is 8.24. The van der Waals surface area contributed by atoms with E-state index in [4.69, 9.17) is 4.74 Å². The number of nitrogens with one attached hydrogen (secondary N) is 3. The first-order valence-corrected chi connectivity index (χ1v) is 13.9. The molecule has 2 atom stereocenters. The van der Waals surface area contributed by atoms with Crippen LogP contribution in [0.4, 0.5) is 18.9 Å². The molecule has 13 heteroatoms. The minimum atomic E-state index is -1.26. The topological polar surface area (TPSA) is 127 Å². The SMILES string of the molecule is Cc1n[nH]c(C)c1-c1ncc(NC(=O)[C@@H](NC(=O)c2ccnn2C(C)C)C2c3ccc(F)c(F)c3OCC23CC3)cc1F. The van der Waals surface area contributed by atoms with E-state index < -0.39 is 46.6 Å². The number of hydrogen-bond acceptors (Lipinski definition) is 6. The zero-order chi connectivity index (χ0) is 30.6.